The summed E-state index contributed by atoms with van der Waals surface area (Å²) < 4.78 is 1.89. The van der Waals surface area contributed by atoms with Crippen LogP contribution in [0.15, 0.2) is 131 Å². The molecule has 0 aromatic carbocycles. The van der Waals surface area contributed by atoms with Crippen LogP contribution in [0.4, 0.5) is 0 Å². The first-order valence-corrected chi connectivity index (χ1v) is 26.3. The Morgan fingerprint density at radius 3 is 1.50 bits per heavy atom. The Labute approximate surface area is 450 Å². The van der Waals surface area contributed by atoms with Crippen LogP contribution in [0.1, 0.15) is 123 Å². The van der Waals surface area contributed by atoms with Crippen molar-refractivity contribution in [2.24, 2.45) is 17.4 Å². The molecule has 0 saturated heterocycles. The van der Waals surface area contributed by atoms with Crippen molar-refractivity contribution in [2.45, 2.75) is 134 Å². The molecule has 0 aliphatic heterocycles. The largest absolute Gasteiger partial charge is 0.399 e. The number of aromatic nitrogens is 12. The molecule has 400 valence electrons. The molecule has 9 rings (SSSR count). The first kappa shape index (κ1) is 67.0. The second kappa shape index (κ2) is 43.5. The van der Waals surface area contributed by atoms with Gasteiger partial charge in [-0.25, -0.2) is 29.9 Å². The maximum Gasteiger partial charge on any atom is 0.125 e. The third-order valence-electron chi connectivity index (χ3n) is 9.27. The van der Waals surface area contributed by atoms with E-state index in [1.54, 1.807) is 66.8 Å². The minimum Gasteiger partial charge on any atom is -0.399 e. The van der Waals surface area contributed by atoms with Crippen LogP contribution in [0.5, 0.6) is 0 Å². The lowest BCUT2D eigenvalue weighted by atomic mass is 10.1. The van der Waals surface area contributed by atoms with Gasteiger partial charge in [0.2, 0.25) is 0 Å². The molecule has 1 saturated carbocycles. The molecule has 0 spiro atoms. The summed E-state index contributed by atoms with van der Waals surface area (Å²) in [5.41, 5.74) is 12.5. The van der Waals surface area contributed by atoms with Crippen LogP contribution >= 0.6 is 22.7 Å². The van der Waals surface area contributed by atoms with Gasteiger partial charge < -0.3 is 9.68 Å². The van der Waals surface area contributed by atoms with E-state index in [-0.39, 0.29) is 0 Å². The van der Waals surface area contributed by atoms with E-state index in [0.29, 0.717) is 12.0 Å². The summed E-state index contributed by atoms with van der Waals surface area (Å²) in [7, 11) is 3.47. The average Bonchev–Trinajstić information content (AvgIpc) is 3.73. The van der Waals surface area contributed by atoms with Crippen molar-refractivity contribution in [3.63, 3.8) is 0 Å². The lowest BCUT2D eigenvalue weighted by Crippen LogP contribution is -2.01. The van der Waals surface area contributed by atoms with E-state index in [0.717, 1.165) is 64.0 Å². The van der Waals surface area contributed by atoms with Gasteiger partial charge in [-0.3, -0.25) is 24.6 Å². The standard InChI is InChI=1S/C9H11N.C7H9N.2C6H8N2.C6H10N2.C5H6N2.2C5H7NS.C4H9NO.C3H7NO/c1-9(5-6-9)8-4-2-3-7-10-8;1-2-7-5-3-4-6-8-7;1-5-3-8-6(2)4-7-5;1-5-3-7-6(2)8-4-5;1-3-6-4-5-7-8(6)2;1-5-2-6-4-7-3-5;1-4-3-7-5(2)6-4;1-2-5-3-7-4-6-5;1-3-5-6-4-2;1-3-4-5-2/h2-4,7H,5-6H2,1H3;3-6H,2H2,1H3;2*3-4H,1-2H3;4-5H,3H2,1-2H3;2-4H,1H3;3H,1-2H3;3-4H,2H2,1H3;3H,4H2,1-2H3;3H,1-2H3. The summed E-state index contributed by atoms with van der Waals surface area (Å²) in [4.78, 5) is 48.9. The van der Waals surface area contributed by atoms with Crippen molar-refractivity contribution in [3.05, 3.63) is 183 Å². The third kappa shape index (κ3) is 36.8. The zero-order chi connectivity index (χ0) is 55.2. The van der Waals surface area contributed by atoms with Crippen LogP contribution in [-0.2, 0) is 41.4 Å². The van der Waals surface area contributed by atoms with Gasteiger partial charge in [0.25, 0.3) is 0 Å². The van der Waals surface area contributed by atoms with Gasteiger partial charge >= 0.3 is 0 Å². The molecule has 0 amide bonds. The fourth-order valence-corrected chi connectivity index (χ4v) is 6.18. The number of oxime groups is 2. The monoisotopic (exact) mass is 1050 g/mol. The smallest absolute Gasteiger partial charge is 0.125 e. The summed E-state index contributed by atoms with van der Waals surface area (Å²) in [6, 6.07) is 14.1. The van der Waals surface area contributed by atoms with Crippen molar-refractivity contribution in [3.8, 4) is 0 Å². The molecule has 0 atom stereocenters. The molecule has 18 heteroatoms. The SMILES string of the molecule is CC1(c2ccccn2)CC1.CC=NOC.CC=NOCC.CCc1ccccn1.CCc1ccnn1C.CCc1cscn1.Cc1cnc(C)cn1.Cc1cnc(C)nc1.Cc1cncnc1.Cc1csc(C)n1. The Hall–Kier alpha value is -7.05. The van der Waals surface area contributed by atoms with E-state index >= 15 is 0 Å². The van der Waals surface area contributed by atoms with Gasteiger partial charge in [0.1, 0.15) is 25.9 Å². The highest BCUT2D eigenvalue weighted by Gasteiger charge is 2.40. The molecule has 8 aromatic rings. The molecule has 0 radical (unpaired) electrons. The Kier molecular flexibility index (Phi) is 39.4. The number of rotatable bonds is 7. The van der Waals surface area contributed by atoms with Gasteiger partial charge in [-0.2, -0.15) is 5.10 Å². The molecule has 1 fully saturated rings. The zero-order valence-corrected chi connectivity index (χ0v) is 48.5. The van der Waals surface area contributed by atoms with Gasteiger partial charge in [-0.05, 0) is 143 Å². The summed E-state index contributed by atoms with van der Waals surface area (Å²) >= 11 is 3.35. The van der Waals surface area contributed by atoms with E-state index < -0.39 is 0 Å². The summed E-state index contributed by atoms with van der Waals surface area (Å²) in [6.45, 7) is 28.4. The second-order valence-electron chi connectivity index (χ2n) is 15.9. The van der Waals surface area contributed by atoms with E-state index in [2.05, 4.69) is 126 Å². The third-order valence-corrected chi connectivity index (χ3v) is 10.8. The van der Waals surface area contributed by atoms with Gasteiger partial charge in [0.15, 0.2) is 0 Å². The molecule has 1 aliphatic rings. The van der Waals surface area contributed by atoms with Crippen LogP contribution in [0, 0.1) is 48.5 Å². The molecular formula is C56H82N14O2S2. The predicted octanol–water partition coefficient (Wildman–Crippen LogP) is 12.9. The maximum atomic E-state index is 4.55. The molecule has 74 heavy (non-hydrogen) atoms. The highest BCUT2D eigenvalue weighted by atomic mass is 32.1. The van der Waals surface area contributed by atoms with E-state index in [1.165, 1.54) is 43.4 Å². The van der Waals surface area contributed by atoms with Crippen LogP contribution in [-0.4, -0.2) is 85.8 Å². The number of thiazole rings is 2. The summed E-state index contributed by atoms with van der Waals surface area (Å²) in [5, 5.41) is 16.1. The van der Waals surface area contributed by atoms with E-state index in [4.69, 9.17) is 0 Å². The lowest BCUT2D eigenvalue weighted by Gasteiger charge is -2.04. The number of pyridine rings is 2. The molecule has 0 unspecified atom stereocenters. The van der Waals surface area contributed by atoms with Crippen molar-refractivity contribution >= 4 is 35.1 Å². The summed E-state index contributed by atoms with van der Waals surface area (Å²) in [5.74, 6) is 0.829. The molecule has 1 aliphatic carbocycles. The molecular weight excluding hydrogens is 965 g/mol. The van der Waals surface area contributed by atoms with Gasteiger partial charge in [-0.15, -0.1) is 27.8 Å². The van der Waals surface area contributed by atoms with Crippen molar-refractivity contribution in [1.29, 1.82) is 0 Å². The van der Waals surface area contributed by atoms with Crippen LogP contribution in [0.25, 0.3) is 0 Å². The van der Waals surface area contributed by atoms with Gasteiger partial charge in [0, 0.05) is 114 Å². The zero-order valence-electron chi connectivity index (χ0n) is 46.8. The van der Waals surface area contributed by atoms with Crippen molar-refractivity contribution in [2.75, 3.05) is 13.7 Å². The average molecular weight is 1050 g/mol. The highest BCUT2D eigenvalue weighted by Crippen LogP contribution is 2.46. The van der Waals surface area contributed by atoms with Crippen molar-refractivity contribution < 1.29 is 9.68 Å². The molecule has 0 bridgehead atoms. The van der Waals surface area contributed by atoms with Crippen LogP contribution in [0.2, 0.25) is 0 Å². The first-order chi connectivity index (χ1) is 35.6. The summed E-state index contributed by atoms with van der Waals surface area (Å²) in [6.07, 6.45) is 26.7. The van der Waals surface area contributed by atoms with Crippen LogP contribution < -0.4 is 0 Å². The molecule has 16 nitrogen and oxygen atoms in total. The Morgan fingerprint density at radius 1 is 0.635 bits per heavy atom. The number of hydrogen-bond acceptors (Lipinski definition) is 17. The Balaban J connectivity index is 0.000000804. The topological polar surface area (TPSA) is 190 Å². The van der Waals surface area contributed by atoms with Gasteiger partial charge in [-0.1, -0.05) is 45.0 Å². The van der Waals surface area contributed by atoms with E-state index in [1.807, 2.05) is 141 Å². The number of nitrogens with zero attached hydrogens (tertiary/aromatic N) is 14. The molecule has 0 N–H and O–H groups in total. The molecule has 8 heterocycles. The lowest BCUT2D eigenvalue weighted by molar-refractivity contribution is 0.160. The van der Waals surface area contributed by atoms with E-state index in [9.17, 15) is 0 Å². The number of hydrogen-bond donors (Lipinski definition) is 0. The second-order valence-corrected chi connectivity index (χ2v) is 17.7. The van der Waals surface area contributed by atoms with Crippen LogP contribution in [0.3, 0.4) is 0 Å². The predicted molar refractivity (Wildman–Crippen MR) is 307 cm³/mol. The minimum atomic E-state index is 0.432. The fraction of sp³-hybridized carbons (Fsp3) is 0.411. The normalized spacial score (nSPS) is 10.8. The minimum absolute atomic E-state index is 0.432. The number of aryl methyl sites for hydroxylation is 11. The van der Waals surface area contributed by atoms with Crippen molar-refractivity contribution in [1.82, 2.24) is 59.6 Å². The Bertz CT molecular complexity index is 2420. The van der Waals surface area contributed by atoms with Gasteiger partial charge in [0.05, 0.1) is 27.6 Å². The first-order valence-electron chi connectivity index (χ1n) is 24.5. The highest BCUT2D eigenvalue weighted by molar-refractivity contribution is 7.09. The molecule has 8 aromatic heterocycles. The fourth-order valence-electron chi connectivity index (χ4n) is 4.94. The quantitative estimate of drug-likeness (QED) is 0.108. The Morgan fingerprint density at radius 2 is 1.23 bits per heavy atom. The maximum absolute atomic E-state index is 4.55.